The van der Waals surface area contributed by atoms with Gasteiger partial charge in [-0.1, -0.05) is 24.6 Å². The first kappa shape index (κ1) is 18.0. The van der Waals surface area contributed by atoms with Gasteiger partial charge in [-0.3, -0.25) is 0 Å². The fraction of sp³-hybridized carbons (Fsp3) is 0.625. The van der Waals surface area contributed by atoms with Crippen LogP contribution >= 0.6 is 0 Å². The van der Waals surface area contributed by atoms with Crippen molar-refractivity contribution < 1.29 is 13.2 Å². The summed E-state index contributed by atoms with van der Waals surface area (Å²) in [6.45, 7) is 8.33. The highest BCUT2D eigenvalue weighted by Crippen LogP contribution is 2.37. The maximum absolute atomic E-state index is 12.2. The maximum atomic E-state index is 12.2. The molecule has 1 unspecified atom stereocenters. The molecule has 0 spiro atoms. The van der Waals surface area contributed by atoms with Gasteiger partial charge in [0.15, 0.2) is 9.84 Å². The molecule has 0 aliphatic rings. The highest BCUT2D eigenvalue weighted by atomic mass is 32.2. The highest BCUT2D eigenvalue weighted by molar-refractivity contribution is 7.92. The van der Waals surface area contributed by atoms with E-state index in [0.717, 1.165) is 24.1 Å². The molecule has 0 fully saturated rings. The summed E-state index contributed by atoms with van der Waals surface area (Å²) in [5.41, 5.74) is 1.97. The van der Waals surface area contributed by atoms with E-state index in [9.17, 15) is 8.42 Å². The zero-order valence-corrected chi connectivity index (χ0v) is 14.7. The second kappa shape index (κ2) is 6.79. The minimum atomic E-state index is -3.24. The molecule has 1 atom stereocenters. The summed E-state index contributed by atoms with van der Waals surface area (Å²) in [5, 5.41) is 3.38. The molecular formula is C16H27NO3S. The van der Waals surface area contributed by atoms with Crippen molar-refractivity contribution in [1.29, 1.82) is 0 Å². The Kier molecular flexibility index (Phi) is 5.82. The van der Waals surface area contributed by atoms with Crippen LogP contribution in [0.25, 0.3) is 0 Å². The molecule has 0 amide bonds. The third-order valence-electron chi connectivity index (χ3n) is 3.95. The van der Waals surface area contributed by atoms with E-state index < -0.39 is 14.6 Å². The molecule has 1 N–H and O–H groups in total. The van der Waals surface area contributed by atoms with Crippen LogP contribution in [0.15, 0.2) is 18.2 Å². The van der Waals surface area contributed by atoms with Crippen LogP contribution < -0.4 is 10.1 Å². The molecule has 1 aromatic rings. The normalized spacial score (nSPS) is 14.0. The highest BCUT2D eigenvalue weighted by Gasteiger charge is 2.40. The maximum Gasteiger partial charge on any atom is 0.154 e. The van der Waals surface area contributed by atoms with Crippen LogP contribution in [0.5, 0.6) is 5.75 Å². The molecule has 0 saturated carbocycles. The van der Waals surface area contributed by atoms with Gasteiger partial charge in [-0.2, -0.15) is 0 Å². The number of ether oxygens (including phenoxy) is 1. The van der Waals surface area contributed by atoms with E-state index >= 15 is 0 Å². The predicted octanol–water partition coefficient (Wildman–Crippen LogP) is 2.87. The quantitative estimate of drug-likeness (QED) is 0.841. The topological polar surface area (TPSA) is 55.4 Å². The van der Waals surface area contributed by atoms with Crippen molar-refractivity contribution in [3.05, 3.63) is 29.3 Å². The lowest BCUT2D eigenvalue weighted by molar-refractivity contribution is 0.376. The average molecular weight is 313 g/mol. The molecule has 0 radical (unpaired) electrons. The fourth-order valence-corrected chi connectivity index (χ4v) is 2.95. The van der Waals surface area contributed by atoms with Crippen LogP contribution in [0, 0.1) is 6.92 Å². The number of methoxy groups -OCH3 is 1. The molecule has 1 rings (SSSR count). The van der Waals surface area contributed by atoms with Gasteiger partial charge in [-0.15, -0.1) is 0 Å². The molecule has 21 heavy (non-hydrogen) atoms. The van der Waals surface area contributed by atoms with E-state index in [1.165, 1.54) is 6.26 Å². The Morgan fingerprint density at radius 1 is 1.33 bits per heavy atom. The number of hydrogen-bond donors (Lipinski definition) is 1. The second-order valence-electron chi connectivity index (χ2n) is 6.01. The molecule has 4 nitrogen and oxygen atoms in total. The fourth-order valence-electron chi connectivity index (χ4n) is 2.31. The summed E-state index contributed by atoms with van der Waals surface area (Å²) in [7, 11) is -1.63. The standard InChI is InChI=1S/C16H27NO3S/c1-7-10-17-15(16(3,4)21(6,18)19)13-11-12(2)8-9-14(13)20-5/h8-9,11,15,17H,7,10H2,1-6H3. The van der Waals surface area contributed by atoms with Gasteiger partial charge in [0.2, 0.25) is 0 Å². The van der Waals surface area contributed by atoms with E-state index in [1.54, 1.807) is 21.0 Å². The van der Waals surface area contributed by atoms with Crippen molar-refractivity contribution in [2.45, 2.75) is 44.9 Å². The SMILES string of the molecule is CCCNC(c1cc(C)ccc1OC)C(C)(C)S(C)(=O)=O. The third-order valence-corrected chi connectivity index (χ3v) is 6.09. The number of rotatable bonds is 7. The monoisotopic (exact) mass is 313 g/mol. The Hall–Kier alpha value is -1.07. The van der Waals surface area contributed by atoms with Crippen LogP contribution in [0.1, 0.15) is 44.4 Å². The minimum Gasteiger partial charge on any atom is -0.496 e. The van der Waals surface area contributed by atoms with Gasteiger partial charge in [0.05, 0.1) is 17.9 Å². The van der Waals surface area contributed by atoms with Crippen molar-refractivity contribution >= 4 is 9.84 Å². The average Bonchev–Trinajstić information content (AvgIpc) is 2.38. The summed E-state index contributed by atoms with van der Waals surface area (Å²) < 4.78 is 29.0. The molecule has 0 aromatic heterocycles. The summed E-state index contributed by atoms with van der Waals surface area (Å²) in [5.74, 6) is 0.714. The van der Waals surface area contributed by atoms with E-state index in [1.807, 2.05) is 25.1 Å². The number of aryl methyl sites for hydroxylation is 1. The van der Waals surface area contributed by atoms with Crippen molar-refractivity contribution in [2.75, 3.05) is 19.9 Å². The number of benzene rings is 1. The summed E-state index contributed by atoms with van der Waals surface area (Å²) in [6.07, 6.45) is 2.22. The summed E-state index contributed by atoms with van der Waals surface area (Å²) >= 11 is 0. The summed E-state index contributed by atoms with van der Waals surface area (Å²) in [6, 6.07) is 5.54. The number of hydrogen-bond acceptors (Lipinski definition) is 4. The van der Waals surface area contributed by atoms with Crippen LogP contribution in [0.3, 0.4) is 0 Å². The summed E-state index contributed by atoms with van der Waals surface area (Å²) in [4.78, 5) is 0. The zero-order valence-electron chi connectivity index (χ0n) is 13.9. The smallest absolute Gasteiger partial charge is 0.154 e. The van der Waals surface area contributed by atoms with E-state index in [2.05, 4.69) is 12.2 Å². The van der Waals surface area contributed by atoms with Gasteiger partial charge < -0.3 is 10.1 Å². The first-order chi connectivity index (χ1) is 9.65. The van der Waals surface area contributed by atoms with Gasteiger partial charge >= 0.3 is 0 Å². The Labute approximate surface area is 128 Å². The Morgan fingerprint density at radius 3 is 2.43 bits per heavy atom. The van der Waals surface area contributed by atoms with Crippen molar-refractivity contribution in [2.24, 2.45) is 0 Å². The molecule has 0 aliphatic heterocycles. The second-order valence-corrected chi connectivity index (χ2v) is 8.60. The zero-order chi connectivity index (χ0) is 16.3. The van der Waals surface area contributed by atoms with Gasteiger partial charge in [-0.25, -0.2) is 8.42 Å². The van der Waals surface area contributed by atoms with Gasteiger partial charge in [0, 0.05) is 11.8 Å². The minimum absolute atomic E-state index is 0.317. The van der Waals surface area contributed by atoms with E-state index in [0.29, 0.717) is 5.75 Å². The van der Waals surface area contributed by atoms with Gasteiger partial charge in [-0.05, 0) is 39.8 Å². The number of nitrogens with one attached hydrogen (secondary N) is 1. The molecule has 0 saturated heterocycles. The molecule has 5 heteroatoms. The van der Waals surface area contributed by atoms with Crippen molar-refractivity contribution in [3.63, 3.8) is 0 Å². The Balaban J connectivity index is 3.42. The molecule has 0 bridgehead atoms. The third kappa shape index (κ3) is 3.98. The van der Waals surface area contributed by atoms with Crippen LogP contribution in [-0.2, 0) is 9.84 Å². The molecule has 0 aliphatic carbocycles. The van der Waals surface area contributed by atoms with Gasteiger partial charge in [0.25, 0.3) is 0 Å². The Morgan fingerprint density at radius 2 is 1.95 bits per heavy atom. The van der Waals surface area contributed by atoms with Crippen LogP contribution in [-0.4, -0.2) is 33.1 Å². The molecule has 0 heterocycles. The van der Waals surface area contributed by atoms with Crippen molar-refractivity contribution in [1.82, 2.24) is 5.32 Å². The first-order valence-corrected chi connectivity index (χ1v) is 9.11. The lowest BCUT2D eigenvalue weighted by Gasteiger charge is -2.34. The van der Waals surface area contributed by atoms with Crippen LogP contribution in [0.2, 0.25) is 0 Å². The first-order valence-electron chi connectivity index (χ1n) is 7.22. The lowest BCUT2D eigenvalue weighted by atomic mass is 9.93. The van der Waals surface area contributed by atoms with E-state index in [4.69, 9.17) is 4.74 Å². The largest absolute Gasteiger partial charge is 0.496 e. The van der Waals surface area contributed by atoms with Crippen molar-refractivity contribution in [3.8, 4) is 5.75 Å². The lowest BCUT2D eigenvalue weighted by Crippen LogP contribution is -2.45. The van der Waals surface area contributed by atoms with E-state index in [-0.39, 0.29) is 6.04 Å². The van der Waals surface area contributed by atoms with Crippen LogP contribution in [0.4, 0.5) is 0 Å². The predicted molar refractivity (Wildman–Crippen MR) is 87.7 cm³/mol. The molecule has 1 aromatic carbocycles. The number of sulfone groups is 1. The molecule has 120 valence electrons. The van der Waals surface area contributed by atoms with Gasteiger partial charge in [0.1, 0.15) is 5.75 Å². The Bertz CT molecular complexity index is 579. The molecular weight excluding hydrogens is 286 g/mol.